The Balaban J connectivity index is 1.53. The summed E-state index contributed by atoms with van der Waals surface area (Å²) in [4.78, 5) is 14.8. The number of piperidine rings is 3. The summed E-state index contributed by atoms with van der Waals surface area (Å²) in [7, 11) is -3.63. The van der Waals surface area contributed by atoms with Gasteiger partial charge in [0.2, 0.25) is 15.9 Å². The Labute approximate surface area is 159 Å². The highest BCUT2D eigenvalue weighted by Crippen LogP contribution is 2.39. The molecule has 2 bridgehead atoms. The summed E-state index contributed by atoms with van der Waals surface area (Å²) >= 11 is 5.84. The first kappa shape index (κ1) is 18.2. The van der Waals surface area contributed by atoms with Crippen LogP contribution in [0.2, 0.25) is 5.02 Å². The lowest BCUT2D eigenvalue weighted by Gasteiger charge is -2.54. The molecule has 4 atom stereocenters. The topological polar surface area (TPSA) is 78.5 Å². The van der Waals surface area contributed by atoms with Crippen LogP contribution >= 0.6 is 11.6 Å². The van der Waals surface area contributed by atoms with Crippen LogP contribution in [0.1, 0.15) is 25.7 Å². The van der Waals surface area contributed by atoms with Crippen molar-refractivity contribution in [1.29, 1.82) is 0 Å². The maximum Gasteiger partial charge on any atom is 0.240 e. The van der Waals surface area contributed by atoms with E-state index in [9.17, 15) is 13.2 Å². The van der Waals surface area contributed by atoms with Crippen molar-refractivity contribution < 1.29 is 13.2 Å². The third-order valence-electron chi connectivity index (χ3n) is 6.01. The molecule has 3 fully saturated rings. The zero-order valence-electron chi connectivity index (χ0n) is 14.5. The van der Waals surface area contributed by atoms with Crippen LogP contribution in [0, 0.1) is 11.8 Å². The van der Waals surface area contributed by atoms with Crippen molar-refractivity contribution in [1.82, 2.24) is 14.9 Å². The summed E-state index contributed by atoms with van der Waals surface area (Å²) < 4.78 is 28.0. The molecule has 6 nitrogen and oxygen atoms in total. The van der Waals surface area contributed by atoms with E-state index in [4.69, 9.17) is 11.6 Å². The summed E-state index contributed by atoms with van der Waals surface area (Å²) in [6.45, 7) is 2.04. The van der Waals surface area contributed by atoms with Gasteiger partial charge in [-0.05, 0) is 68.5 Å². The Kier molecular flexibility index (Phi) is 4.98. The van der Waals surface area contributed by atoms with E-state index in [0.717, 1.165) is 32.4 Å². The van der Waals surface area contributed by atoms with Crippen molar-refractivity contribution in [3.63, 3.8) is 0 Å². The van der Waals surface area contributed by atoms with Gasteiger partial charge in [-0.1, -0.05) is 11.6 Å². The number of carbonyl (C=O) groups excluding carboxylic acids is 1. The first-order valence-electron chi connectivity index (χ1n) is 9.23. The van der Waals surface area contributed by atoms with Gasteiger partial charge in [-0.15, -0.1) is 0 Å². The van der Waals surface area contributed by atoms with Crippen molar-refractivity contribution >= 4 is 27.5 Å². The number of carbonyl (C=O) groups is 1. The predicted molar refractivity (Wildman–Crippen MR) is 99.4 cm³/mol. The average Bonchev–Trinajstić information content (AvgIpc) is 2.63. The average molecular weight is 398 g/mol. The number of rotatable bonds is 4. The maximum absolute atomic E-state index is 12.6. The van der Waals surface area contributed by atoms with E-state index >= 15 is 0 Å². The second-order valence-corrected chi connectivity index (χ2v) is 9.75. The monoisotopic (exact) mass is 397 g/mol. The van der Waals surface area contributed by atoms with Crippen LogP contribution in [0.5, 0.6) is 0 Å². The molecule has 0 aromatic heterocycles. The van der Waals surface area contributed by atoms with E-state index in [0.29, 0.717) is 23.3 Å². The molecule has 3 heterocycles. The van der Waals surface area contributed by atoms with Crippen LogP contribution in [0.15, 0.2) is 29.2 Å². The minimum absolute atomic E-state index is 0.0843. The zero-order chi connectivity index (χ0) is 18.3. The number of nitrogens with one attached hydrogen (secondary N) is 2. The number of nitrogens with zero attached hydrogens (tertiary/aromatic N) is 1. The zero-order valence-corrected chi connectivity index (χ0v) is 16.1. The van der Waals surface area contributed by atoms with Gasteiger partial charge in [-0.3, -0.25) is 4.79 Å². The van der Waals surface area contributed by atoms with Crippen LogP contribution in [0.3, 0.4) is 0 Å². The van der Waals surface area contributed by atoms with Crippen molar-refractivity contribution in [2.45, 2.75) is 42.7 Å². The molecule has 1 amide bonds. The van der Waals surface area contributed by atoms with E-state index in [1.54, 1.807) is 12.1 Å². The van der Waals surface area contributed by atoms with Crippen molar-refractivity contribution in [3.05, 3.63) is 29.3 Å². The van der Waals surface area contributed by atoms with Gasteiger partial charge >= 0.3 is 0 Å². The number of hydrogen-bond donors (Lipinski definition) is 2. The number of benzene rings is 1. The molecule has 0 radical (unpaired) electrons. The summed E-state index contributed by atoms with van der Waals surface area (Å²) in [5, 5.41) is 3.97. The molecule has 1 aromatic carbocycles. The fourth-order valence-corrected chi connectivity index (χ4v) is 5.97. The summed E-state index contributed by atoms with van der Waals surface area (Å²) in [5.74, 6) is 0.954. The Morgan fingerprint density at radius 2 is 1.92 bits per heavy atom. The van der Waals surface area contributed by atoms with Crippen LogP contribution in [-0.4, -0.2) is 50.9 Å². The van der Waals surface area contributed by atoms with Gasteiger partial charge in [-0.25, -0.2) is 13.1 Å². The smallest absolute Gasteiger partial charge is 0.240 e. The Morgan fingerprint density at radius 3 is 2.69 bits per heavy atom. The summed E-state index contributed by atoms with van der Waals surface area (Å²) in [6, 6.07) is 6.29. The molecule has 4 rings (SSSR count). The lowest BCUT2D eigenvalue weighted by atomic mass is 9.72. The number of amides is 1. The van der Waals surface area contributed by atoms with Gasteiger partial charge in [0.1, 0.15) is 0 Å². The van der Waals surface area contributed by atoms with Crippen molar-refractivity contribution in [2.24, 2.45) is 11.8 Å². The van der Waals surface area contributed by atoms with E-state index < -0.39 is 10.0 Å². The van der Waals surface area contributed by atoms with E-state index in [1.165, 1.54) is 12.1 Å². The molecule has 0 unspecified atom stereocenters. The Hall–Kier alpha value is -1.15. The largest absolute Gasteiger partial charge is 0.335 e. The first-order chi connectivity index (χ1) is 12.5. The highest BCUT2D eigenvalue weighted by atomic mass is 35.5. The van der Waals surface area contributed by atoms with Gasteiger partial charge < -0.3 is 10.2 Å². The van der Waals surface area contributed by atoms with Crippen LogP contribution in [0.25, 0.3) is 0 Å². The first-order valence-corrected chi connectivity index (χ1v) is 11.1. The van der Waals surface area contributed by atoms with E-state index in [2.05, 4.69) is 10.0 Å². The second kappa shape index (κ2) is 7.11. The molecular formula is C18H24ClN3O3S. The molecule has 0 aliphatic carbocycles. The summed E-state index contributed by atoms with van der Waals surface area (Å²) in [6.07, 6.45) is 3.59. The van der Waals surface area contributed by atoms with Crippen LogP contribution in [-0.2, 0) is 14.8 Å². The van der Waals surface area contributed by atoms with Gasteiger partial charge in [-0.2, -0.15) is 0 Å². The fourth-order valence-electron chi connectivity index (χ4n) is 4.79. The van der Waals surface area contributed by atoms with E-state index in [1.807, 2.05) is 4.90 Å². The highest BCUT2D eigenvalue weighted by Gasteiger charge is 2.47. The molecule has 8 heteroatoms. The fraction of sp³-hybridized carbons (Fsp3) is 0.611. The minimum atomic E-state index is -3.63. The molecule has 2 N–H and O–H groups in total. The maximum atomic E-state index is 12.6. The number of sulfonamides is 1. The molecule has 0 spiro atoms. The standard InChI is InChI=1S/C18H24ClN3O3S/c19-14-4-6-15(7-5-14)26(24,25)21-11-17-13-8-12(9-20-10-13)16-2-1-3-18(23)22(16)17/h4-7,12-13,16-17,20-21H,1-3,8-11H2/t12-,13+,16+,17+/m1/s1. The molecule has 3 aliphatic rings. The van der Waals surface area contributed by atoms with E-state index in [-0.39, 0.29) is 29.4 Å². The quantitative estimate of drug-likeness (QED) is 0.809. The van der Waals surface area contributed by atoms with Gasteiger partial charge in [0.15, 0.2) is 0 Å². The normalized spacial score (nSPS) is 31.6. The third-order valence-corrected chi connectivity index (χ3v) is 7.70. The number of hydrogen-bond acceptors (Lipinski definition) is 4. The van der Waals surface area contributed by atoms with Crippen molar-refractivity contribution in [3.8, 4) is 0 Å². The molecule has 3 saturated heterocycles. The Morgan fingerprint density at radius 1 is 1.19 bits per heavy atom. The summed E-state index contributed by atoms with van der Waals surface area (Å²) in [5.41, 5.74) is 0. The van der Waals surface area contributed by atoms with Gasteiger partial charge in [0.05, 0.1) is 4.90 Å². The van der Waals surface area contributed by atoms with Gasteiger partial charge in [0, 0.05) is 30.1 Å². The second-order valence-electron chi connectivity index (χ2n) is 7.55. The molecule has 142 valence electrons. The lowest BCUT2D eigenvalue weighted by Crippen LogP contribution is -2.66. The highest BCUT2D eigenvalue weighted by molar-refractivity contribution is 7.89. The SMILES string of the molecule is O=C1CCC[C@H]2[C@H]3CNC[C@H](C3)[C@H](CNS(=O)(=O)c3ccc(Cl)cc3)N12. The number of halogens is 1. The van der Waals surface area contributed by atoms with Crippen LogP contribution in [0.4, 0.5) is 0 Å². The third kappa shape index (κ3) is 3.38. The minimum Gasteiger partial charge on any atom is -0.335 e. The lowest BCUT2D eigenvalue weighted by molar-refractivity contribution is -0.148. The van der Waals surface area contributed by atoms with Gasteiger partial charge in [0.25, 0.3) is 0 Å². The molecular weight excluding hydrogens is 374 g/mol. The van der Waals surface area contributed by atoms with Crippen molar-refractivity contribution in [2.75, 3.05) is 19.6 Å². The Bertz CT molecular complexity index is 783. The predicted octanol–water partition coefficient (Wildman–Crippen LogP) is 1.61. The number of fused-ring (bicyclic) bond motifs is 4. The molecule has 3 aliphatic heterocycles. The molecule has 1 aromatic rings. The molecule has 0 saturated carbocycles. The van der Waals surface area contributed by atoms with Crippen LogP contribution < -0.4 is 10.0 Å². The molecule has 26 heavy (non-hydrogen) atoms.